The highest BCUT2D eigenvalue weighted by molar-refractivity contribution is 8.39. The minimum absolute atomic E-state index is 0.00919. The average molecular weight is 2190 g/mol. The number of alkyl halides is 6. The molecule has 6 fully saturated rings. The normalized spacial score (nSPS) is 29.7. The predicted molar refractivity (Wildman–Crippen MR) is 489 cm³/mol. The van der Waals surface area contributed by atoms with Crippen LogP contribution in [0.3, 0.4) is 0 Å². The van der Waals surface area contributed by atoms with Crippen LogP contribution in [0.25, 0.3) is 66.9 Å². The van der Waals surface area contributed by atoms with Crippen molar-refractivity contribution in [1.82, 2.24) is 118 Å². The first kappa shape index (κ1) is 103. The molecule has 12 aromatic rings. The second-order valence-electron chi connectivity index (χ2n) is 30.0. The van der Waals surface area contributed by atoms with E-state index in [2.05, 4.69) is 115 Å². The maximum absolute atomic E-state index is 15.9. The zero-order chi connectivity index (χ0) is 98.8. The number of imidazole rings is 4. The van der Waals surface area contributed by atoms with Crippen molar-refractivity contribution in [3.63, 3.8) is 0 Å². The van der Waals surface area contributed by atoms with Gasteiger partial charge in [0.2, 0.25) is 17.8 Å². The number of aromatic amines is 3. The molecule has 6 aliphatic heterocycles. The molecule has 6 saturated heterocycles. The van der Waals surface area contributed by atoms with Gasteiger partial charge in [0, 0.05) is 33.9 Å². The fraction of sp³-hybridized carbons (Fsp3) is 0.524. The van der Waals surface area contributed by atoms with Crippen LogP contribution in [0.2, 0.25) is 0 Å². The molecule has 0 spiro atoms. The van der Waals surface area contributed by atoms with Gasteiger partial charge in [-0.25, -0.2) is 76.2 Å². The molecular formula is C63H76F6N30O26P6S7+2. The van der Waals surface area contributed by atoms with Crippen LogP contribution in [0.1, 0.15) is 42.9 Å². The molecule has 0 bridgehead atoms. The number of ether oxygens (including phenoxy) is 7. The van der Waals surface area contributed by atoms with Gasteiger partial charge in [-0.1, -0.05) is 5.21 Å². The third-order valence-corrected chi connectivity index (χ3v) is 30.8. The van der Waals surface area contributed by atoms with Crippen molar-refractivity contribution in [2.75, 3.05) is 95.4 Å². The van der Waals surface area contributed by atoms with E-state index >= 15 is 26.3 Å². The number of hydrogen-bond acceptors (Lipinski definition) is 48. The molecule has 56 nitrogen and oxygen atoms in total. The molecule has 75 heteroatoms. The standard InChI is InChI=1S/C22H25F2N9O9P2S2.C21H24F2N10O8P2S3.C20H25F2N11O9P2S2/c1-37-14-10(41-20(12(14)24)32-3-2-8-16(25)27-6-28-17(8)32)5-39-44(36,46)42-15-11(23)9(4-38-43(35)45)40-21(15)33-7-29-13-18(33)30-22(26)31-19(13)34;1-37-13-7(40-19(10(13)23)32-5-28-11-15(24)26-4-27-16(11)32)2-39-43(36,45)41-14-9(22)8(3-38-42(35)44)46-20(14)33-6-29-12-17(33)30-21(25)31-18(12)34;1-37-43(35,45)39-4-9-10(22)13(19(41-9)33-16-12(30-31-33)17(34)29-20(24)28-16)42-44(36,46)38-3-7-2-8(21)18(40-7)32-6-27-11-14(23)25-5-26-15(11)32/h2-3,6-7,9-12,14-15,20-21H,4-5H2,1H3,(H6-,25,26,27,28,30,31,34,35,36,45,46);4-10,13-14,19-20H,2-3H2,1H3,(H6-,24,25,26,27,30,31,34,35,36,44,45);5-10,13,18-19H,2-4H2,1H3,(H,35,45)(H,36,46)(H2,23,25,26)(H3,24,28,29,34)/p+2/t9-,10-,11-,12+,14-,15-,20-,21-,44?;7-,8-,9-,10+,13-,14-,19-,20-,43?;7-,8-,9+,10+,13+,18+,19+,43?,44?/m110/s1. The Hall–Kier alpha value is -7.91. The second kappa shape index (κ2) is 42.2. The Kier molecular flexibility index (Phi) is 31.5. The summed E-state index contributed by atoms with van der Waals surface area (Å²) >= 11 is 28.7. The van der Waals surface area contributed by atoms with Crippen LogP contribution in [0.15, 0.2) is 70.9 Å². The van der Waals surface area contributed by atoms with Crippen LogP contribution in [0.4, 0.5) is 61.6 Å². The fourth-order valence-corrected chi connectivity index (χ4v) is 22.8. The topological polar surface area (TPSA) is 750 Å². The zero-order valence-electron chi connectivity index (χ0n) is 69.9. The van der Waals surface area contributed by atoms with Gasteiger partial charge in [0.25, 0.3) is 16.7 Å². The van der Waals surface area contributed by atoms with Crippen molar-refractivity contribution >= 4 is 227 Å². The molecule has 0 radical (unpaired) electrons. The molecule has 746 valence electrons. The summed E-state index contributed by atoms with van der Waals surface area (Å²) in [5.74, 6) is -0.378. The van der Waals surface area contributed by atoms with Crippen LogP contribution in [-0.4, -0.2) is 301 Å². The monoisotopic (exact) mass is 2190 g/mol. The molecule has 0 aliphatic carbocycles. The summed E-state index contributed by atoms with van der Waals surface area (Å²) < 4.78 is 217. The average Bonchev–Trinajstić information content (AvgIpc) is 1.63. The van der Waals surface area contributed by atoms with Gasteiger partial charge in [-0.3, -0.25) is 61.2 Å². The van der Waals surface area contributed by atoms with E-state index in [1.807, 2.05) is 0 Å². The van der Waals surface area contributed by atoms with Gasteiger partial charge in [-0.15, -0.1) is 25.9 Å². The van der Waals surface area contributed by atoms with Gasteiger partial charge in [0.15, 0.2) is 112 Å². The number of nitrogens with zero attached hydrogens (tertiary/aromatic N) is 21. The lowest BCUT2D eigenvalue weighted by Gasteiger charge is -2.27. The van der Waals surface area contributed by atoms with Gasteiger partial charge in [-0.2, -0.15) is 19.6 Å². The Morgan fingerprint density at radius 2 is 0.891 bits per heavy atom. The summed E-state index contributed by atoms with van der Waals surface area (Å²) in [6.07, 6.45) is -21.1. The number of halogens is 6. The van der Waals surface area contributed by atoms with Crippen LogP contribution in [0, 0.1) is 0 Å². The largest absolute Gasteiger partial charge is 0.582 e. The van der Waals surface area contributed by atoms with E-state index in [-0.39, 0.29) is 104 Å². The van der Waals surface area contributed by atoms with Crippen LogP contribution < -0.4 is 51.1 Å². The number of H-pyrrole nitrogens is 3. The molecule has 138 heavy (non-hydrogen) atoms. The van der Waals surface area contributed by atoms with Crippen molar-refractivity contribution in [3.05, 3.63) is 87.6 Å². The number of anilines is 6. The van der Waals surface area contributed by atoms with Crippen molar-refractivity contribution in [2.45, 2.75) is 146 Å². The van der Waals surface area contributed by atoms with Gasteiger partial charge in [0.1, 0.15) is 152 Å². The van der Waals surface area contributed by atoms with Gasteiger partial charge < -0.3 is 114 Å². The van der Waals surface area contributed by atoms with Gasteiger partial charge in [-0.05, 0) is 62.4 Å². The molecule has 6 unspecified atom stereocenters. The van der Waals surface area contributed by atoms with E-state index in [1.54, 1.807) is 6.07 Å². The Labute approximate surface area is 802 Å². The lowest BCUT2D eigenvalue weighted by Crippen LogP contribution is -2.34. The first-order valence-corrected chi connectivity index (χ1v) is 55.4. The number of fused-ring (bicyclic) bond motifs is 6. The van der Waals surface area contributed by atoms with E-state index in [0.29, 0.717) is 11.0 Å². The highest BCUT2D eigenvalue weighted by atomic mass is 32.7. The van der Waals surface area contributed by atoms with E-state index in [0.717, 1.165) is 34.4 Å². The fourth-order valence-electron chi connectivity index (χ4n) is 15.3. The Bertz CT molecular complexity index is 6700. The first-order chi connectivity index (χ1) is 65.5. The smallest absolute Gasteiger partial charge is 0.383 e. The Morgan fingerprint density at radius 3 is 1.43 bits per heavy atom. The van der Waals surface area contributed by atoms with Crippen molar-refractivity contribution in [2.24, 2.45) is 0 Å². The quantitative estimate of drug-likeness (QED) is 0.0160. The molecular weight excluding hydrogens is 2120 g/mol. The van der Waals surface area contributed by atoms with Crippen LogP contribution in [0.5, 0.6) is 0 Å². The van der Waals surface area contributed by atoms with Crippen LogP contribution >= 0.6 is 77.6 Å². The number of hydrogen-bond donors (Lipinski definition) is 15. The zero-order valence-corrected chi connectivity index (χ0v) is 81.2. The van der Waals surface area contributed by atoms with Crippen molar-refractivity contribution in [3.8, 4) is 0 Å². The summed E-state index contributed by atoms with van der Waals surface area (Å²) in [5.41, 5.74) is 33.1. The summed E-state index contributed by atoms with van der Waals surface area (Å²) in [6.45, 7) is -19.7. The molecule has 0 amide bonds. The molecule has 18 rings (SSSR count). The number of nitrogen functional groups attached to an aromatic ring is 6. The molecule has 19 N–H and O–H groups in total. The number of nitrogens with two attached hydrogens (primary N) is 6. The number of thiol groups is 2. The summed E-state index contributed by atoms with van der Waals surface area (Å²) in [4.78, 5) is 139. The lowest BCUT2D eigenvalue weighted by atomic mass is 10.1. The predicted octanol–water partition coefficient (Wildman–Crippen LogP) is 2.86. The number of methoxy groups -OCH3 is 2. The molecule has 29 atom stereocenters. The van der Waals surface area contributed by atoms with Crippen LogP contribution in [-0.2, 0) is 135 Å². The molecule has 0 saturated carbocycles. The Morgan fingerprint density at radius 1 is 0.464 bits per heavy atom. The third-order valence-electron chi connectivity index (χ3n) is 21.5. The molecule has 6 aliphatic rings. The minimum atomic E-state index is -4.35. The first-order valence-electron chi connectivity index (χ1n) is 39.4. The number of nitrogens with one attached hydrogen (secondary N) is 3. The molecule has 18 heterocycles. The molecule has 0 aromatic carbocycles. The third kappa shape index (κ3) is 21.8. The van der Waals surface area contributed by atoms with Gasteiger partial charge in [0.05, 0.1) is 68.5 Å². The van der Waals surface area contributed by atoms with Gasteiger partial charge >= 0.3 is 41.3 Å². The second-order valence-corrected chi connectivity index (χ2v) is 46.1. The Balaban J connectivity index is 0.000000150. The summed E-state index contributed by atoms with van der Waals surface area (Å²) in [5, 5.41) is 6.03. The summed E-state index contributed by atoms with van der Waals surface area (Å²) in [7, 11) is -1.13. The number of rotatable bonds is 33. The lowest BCUT2D eigenvalue weighted by molar-refractivity contribution is -0.0571. The van der Waals surface area contributed by atoms with E-state index in [4.69, 9.17) is 160 Å². The van der Waals surface area contributed by atoms with Crippen molar-refractivity contribution in [1.29, 1.82) is 0 Å². The maximum atomic E-state index is 15.9. The maximum Gasteiger partial charge on any atom is 0.582 e. The highest BCUT2D eigenvalue weighted by Gasteiger charge is 2.57. The van der Waals surface area contributed by atoms with E-state index < -0.39 is 231 Å². The SMILES string of the molecule is COP(O)(=S)OC[C@H]1O[C@@H](n2nnc3c(=O)[nH]c(N)nc32)[C@H](OP(O)(=S)OC[C@@H]2C[C@H](F)[C@H](n3cnc4c(N)ncnc43)O2)[C@@H]1F.CO[C@H]1[C@H](F)[C@H](n2ccc3c(N)ncnc32)O[C@@H]1COP(O)(=S)O[C@@H]1[C@H](F)[C@@H](CO[P+](=O)S)O[C@H]1n1cnc2c(=O)[nH]c(N)nc21.CO[C@H]1[C@H](F)[C@H](n2cnc3c(N)ncnc32)O[C@@H]1COP(O)(=S)O[C@@H]1[C@H](F)[C@@H](CO[P+](=O)S)S[C@H]1n1cnc2c(=O)[nH]c(N)nc21. The molecule has 12 aromatic heterocycles. The minimum Gasteiger partial charge on any atom is -0.383 e. The van der Waals surface area contributed by atoms with E-state index in [1.165, 1.54) is 76.6 Å². The van der Waals surface area contributed by atoms with E-state index in [9.17, 15) is 43.1 Å². The number of aromatic nitrogens is 24. The summed E-state index contributed by atoms with van der Waals surface area (Å²) in [6, 6.07) is 1.61. The highest BCUT2D eigenvalue weighted by Crippen LogP contribution is 2.58. The van der Waals surface area contributed by atoms with Crippen molar-refractivity contribution < 1.29 is 133 Å². The number of thioether (sulfide) groups is 1.